The standard InChI is InChI=1S/C15H15BrF2N2O/c1-3-20-15(9-4-11(21-2)8-19-7-9)14-12(17)5-10(16)6-13(14)18/h4-8,15,20H,3H2,1-2H3. The van der Waals surface area contributed by atoms with Crippen LogP contribution in [0.4, 0.5) is 8.78 Å². The topological polar surface area (TPSA) is 34.2 Å². The van der Waals surface area contributed by atoms with Gasteiger partial charge in [0.1, 0.15) is 17.4 Å². The van der Waals surface area contributed by atoms with Crippen molar-refractivity contribution in [3.8, 4) is 5.75 Å². The summed E-state index contributed by atoms with van der Waals surface area (Å²) >= 11 is 3.08. The van der Waals surface area contributed by atoms with Gasteiger partial charge in [-0.3, -0.25) is 4.98 Å². The van der Waals surface area contributed by atoms with Crippen molar-refractivity contribution < 1.29 is 13.5 Å². The van der Waals surface area contributed by atoms with Gasteiger partial charge in [-0.05, 0) is 30.3 Å². The van der Waals surface area contributed by atoms with Crippen LogP contribution in [-0.4, -0.2) is 18.6 Å². The molecule has 21 heavy (non-hydrogen) atoms. The van der Waals surface area contributed by atoms with Crippen LogP contribution in [0.1, 0.15) is 24.1 Å². The smallest absolute Gasteiger partial charge is 0.137 e. The molecule has 2 rings (SSSR count). The van der Waals surface area contributed by atoms with E-state index in [1.165, 1.54) is 19.2 Å². The molecule has 1 unspecified atom stereocenters. The summed E-state index contributed by atoms with van der Waals surface area (Å²) in [7, 11) is 1.52. The van der Waals surface area contributed by atoms with Crippen LogP contribution in [0, 0.1) is 11.6 Å². The molecule has 0 saturated carbocycles. The van der Waals surface area contributed by atoms with Crippen molar-refractivity contribution in [1.29, 1.82) is 0 Å². The van der Waals surface area contributed by atoms with Gasteiger partial charge in [0.25, 0.3) is 0 Å². The summed E-state index contributed by atoms with van der Waals surface area (Å²) in [4.78, 5) is 4.04. The van der Waals surface area contributed by atoms with E-state index in [9.17, 15) is 8.78 Å². The highest BCUT2D eigenvalue weighted by Crippen LogP contribution is 2.30. The first-order chi connectivity index (χ1) is 10.1. The minimum absolute atomic E-state index is 0.0323. The van der Waals surface area contributed by atoms with E-state index in [0.717, 1.165) is 0 Å². The Labute approximate surface area is 130 Å². The summed E-state index contributed by atoms with van der Waals surface area (Å²) in [6.07, 6.45) is 3.11. The van der Waals surface area contributed by atoms with Gasteiger partial charge >= 0.3 is 0 Å². The summed E-state index contributed by atoms with van der Waals surface area (Å²) in [6.45, 7) is 2.42. The Balaban J connectivity index is 2.53. The molecule has 1 heterocycles. The number of ether oxygens (including phenoxy) is 1. The lowest BCUT2D eigenvalue weighted by Crippen LogP contribution is -2.24. The molecule has 112 valence electrons. The highest BCUT2D eigenvalue weighted by atomic mass is 79.9. The highest BCUT2D eigenvalue weighted by molar-refractivity contribution is 9.10. The Hall–Kier alpha value is -1.53. The lowest BCUT2D eigenvalue weighted by atomic mass is 9.98. The fourth-order valence-corrected chi connectivity index (χ4v) is 2.53. The van der Waals surface area contributed by atoms with E-state index in [0.29, 0.717) is 22.3 Å². The number of hydrogen-bond acceptors (Lipinski definition) is 3. The molecule has 0 spiro atoms. The first-order valence-corrected chi connectivity index (χ1v) is 7.22. The monoisotopic (exact) mass is 356 g/mol. The van der Waals surface area contributed by atoms with Crippen LogP contribution in [0.2, 0.25) is 0 Å². The van der Waals surface area contributed by atoms with Gasteiger partial charge in [0.2, 0.25) is 0 Å². The van der Waals surface area contributed by atoms with E-state index in [4.69, 9.17) is 4.74 Å². The molecule has 0 bridgehead atoms. The molecule has 2 aromatic rings. The van der Waals surface area contributed by atoms with Gasteiger partial charge in [0.15, 0.2) is 0 Å². The number of nitrogens with one attached hydrogen (secondary N) is 1. The van der Waals surface area contributed by atoms with Crippen LogP contribution in [0.25, 0.3) is 0 Å². The van der Waals surface area contributed by atoms with Gasteiger partial charge in [-0.15, -0.1) is 0 Å². The molecule has 1 aromatic carbocycles. The SMILES string of the molecule is CCNC(c1cncc(OC)c1)c1c(F)cc(Br)cc1F. The minimum Gasteiger partial charge on any atom is -0.495 e. The summed E-state index contributed by atoms with van der Waals surface area (Å²) in [6, 6.07) is 3.57. The number of halogens is 3. The third-order valence-corrected chi connectivity index (χ3v) is 3.50. The number of pyridine rings is 1. The summed E-state index contributed by atoms with van der Waals surface area (Å²) in [5.41, 5.74) is 0.603. The zero-order chi connectivity index (χ0) is 15.4. The minimum atomic E-state index is -0.634. The summed E-state index contributed by atoms with van der Waals surface area (Å²) in [5, 5.41) is 3.08. The molecule has 1 aromatic heterocycles. The van der Waals surface area contributed by atoms with Crippen molar-refractivity contribution in [1.82, 2.24) is 10.3 Å². The average molecular weight is 357 g/mol. The number of nitrogens with zero attached hydrogens (tertiary/aromatic N) is 1. The maximum absolute atomic E-state index is 14.2. The third-order valence-electron chi connectivity index (χ3n) is 3.04. The third kappa shape index (κ3) is 3.57. The molecule has 0 radical (unpaired) electrons. The normalized spacial score (nSPS) is 12.2. The molecule has 0 amide bonds. The first-order valence-electron chi connectivity index (χ1n) is 6.43. The van der Waals surface area contributed by atoms with Crippen molar-refractivity contribution in [3.63, 3.8) is 0 Å². The van der Waals surface area contributed by atoms with Crippen LogP contribution in [-0.2, 0) is 0 Å². The molecule has 0 aliphatic heterocycles. The summed E-state index contributed by atoms with van der Waals surface area (Å²) in [5.74, 6) is -0.695. The molecule has 6 heteroatoms. The number of rotatable bonds is 5. The molecule has 0 saturated heterocycles. The predicted octanol–water partition coefficient (Wildman–Crippen LogP) is 3.83. The van der Waals surface area contributed by atoms with Gasteiger partial charge < -0.3 is 10.1 Å². The number of benzene rings is 1. The van der Waals surface area contributed by atoms with Crippen molar-refractivity contribution in [2.45, 2.75) is 13.0 Å². The molecule has 0 aliphatic rings. The van der Waals surface area contributed by atoms with E-state index < -0.39 is 17.7 Å². The molecule has 0 aliphatic carbocycles. The molecule has 3 nitrogen and oxygen atoms in total. The molecule has 0 fully saturated rings. The van der Waals surface area contributed by atoms with Crippen molar-refractivity contribution in [3.05, 3.63) is 57.8 Å². The molecular formula is C15H15BrF2N2O. The second-order valence-electron chi connectivity index (χ2n) is 4.43. The average Bonchev–Trinajstić information content (AvgIpc) is 2.45. The quantitative estimate of drug-likeness (QED) is 0.883. The maximum Gasteiger partial charge on any atom is 0.137 e. The van der Waals surface area contributed by atoms with Crippen LogP contribution in [0.3, 0.4) is 0 Å². The maximum atomic E-state index is 14.2. The number of hydrogen-bond donors (Lipinski definition) is 1. The van der Waals surface area contributed by atoms with E-state index >= 15 is 0 Å². The van der Waals surface area contributed by atoms with Gasteiger partial charge in [0.05, 0.1) is 19.3 Å². The largest absolute Gasteiger partial charge is 0.495 e. The lowest BCUT2D eigenvalue weighted by Gasteiger charge is -2.20. The Morgan fingerprint density at radius 2 is 1.90 bits per heavy atom. The van der Waals surface area contributed by atoms with Gasteiger partial charge in [-0.1, -0.05) is 22.9 Å². The van der Waals surface area contributed by atoms with Crippen molar-refractivity contribution in [2.75, 3.05) is 13.7 Å². The van der Waals surface area contributed by atoms with Gasteiger partial charge in [-0.25, -0.2) is 8.78 Å². The van der Waals surface area contributed by atoms with Crippen molar-refractivity contribution >= 4 is 15.9 Å². The second-order valence-corrected chi connectivity index (χ2v) is 5.35. The zero-order valence-electron chi connectivity index (χ0n) is 11.7. The number of methoxy groups -OCH3 is 1. The van der Waals surface area contributed by atoms with E-state index in [-0.39, 0.29) is 5.56 Å². The van der Waals surface area contributed by atoms with E-state index in [1.54, 1.807) is 18.5 Å². The zero-order valence-corrected chi connectivity index (χ0v) is 13.2. The molecule has 1 atom stereocenters. The fourth-order valence-electron chi connectivity index (χ4n) is 2.12. The van der Waals surface area contributed by atoms with Crippen LogP contribution < -0.4 is 10.1 Å². The van der Waals surface area contributed by atoms with E-state index in [1.807, 2.05) is 6.92 Å². The van der Waals surface area contributed by atoms with Gasteiger partial charge in [0, 0.05) is 16.2 Å². The van der Waals surface area contributed by atoms with Crippen LogP contribution in [0.5, 0.6) is 5.75 Å². The lowest BCUT2D eigenvalue weighted by molar-refractivity contribution is 0.411. The number of aromatic nitrogens is 1. The Morgan fingerprint density at radius 1 is 1.24 bits per heavy atom. The molecular weight excluding hydrogens is 342 g/mol. The first kappa shape index (κ1) is 15.9. The Kier molecular flexibility index (Phi) is 5.25. The summed E-state index contributed by atoms with van der Waals surface area (Å²) < 4.78 is 33.9. The van der Waals surface area contributed by atoms with E-state index in [2.05, 4.69) is 26.2 Å². The van der Waals surface area contributed by atoms with Crippen molar-refractivity contribution in [2.24, 2.45) is 0 Å². The predicted molar refractivity (Wildman–Crippen MR) is 80.4 cm³/mol. The van der Waals surface area contributed by atoms with Gasteiger partial charge in [-0.2, -0.15) is 0 Å². The Morgan fingerprint density at radius 3 is 2.48 bits per heavy atom. The molecule has 1 N–H and O–H groups in total. The highest BCUT2D eigenvalue weighted by Gasteiger charge is 2.22. The fraction of sp³-hybridized carbons (Fsp3) is 0.267. The van der Waals surface area contributed by atoms with Crippen LogP contribution >= 0.6 is 15.9 Å². The second kappa shape index (κ2) is 6.95. The Bertz CT molecular complexity index is 614. The van der Waals surface area contributed by atoms with Crippen LogP contribution in [0.15, 0.2) is 35.1 Å².